The van der Waals surface area contributed by atoms with Crippen LogP contribution in [0.15, 0.2) is 60.7 Å². The van der Waals surface area contributed by atoms with E-state index in [2.05, 4.69) is 5.32 Å². The van der Waals surface area contributed by atoms with Crippen molar-refractivity contribution in [3.05, 3.63) is 83.2 Å². The fourth-order valence-corrected chi connectivity index (χ4v) is 3.72. The van der Waals surface area contributed by atoms with Gasteiger partial charge in [-0.15, -0.1) is 0 Å². The van der Waals surface area contributed by atoms with Gasteiger partial charge < -0.3 is 29.2 Å². The summed E-state index contributed by atoms with van der Waals surface area (Å²) in [4.78, 5) is 14.6. The molecule has 4 rings (SSSR count). The summed E-state index contributed by atoms with van der Waals surface area (Å²) >= 11 is 0. The smallest absolute Gasteiger partial charge is 0.322 e. The van der Waals surface area contributed by atoms with Crippen LogP contribution < -0.4 is 19.5 Å². The second-order valence-electron chi connectivity index (χ2n) is 7.80. The minimum Gasteiger partial charge on any atom is -0.493 e. The molecular formula is C26H27FN2O5. The lowest BCUT2D eigenvalue weighted by molar-refractivity contribution is 0.105. The molecule has 178 valence electrons. The lowest BCUT2D eigenvalue weighted by Gasteiger charge is -2.21. The molecule has 0 aromatic heterocycles. The van der Waals surface area contributed by atoms with Crippen LogP contribution in [0.3, 0.4) is 0 Å². The molecule has 0 saturated heterocycles. The number of ether oxygens (including phenoxy) is 4. The molecule has 0 bridgehead atoms. The van der Waals surface area contributed by atoms with E-state index in [-0.39, 0.29) is 18.5 Å². The zero-order valence-electron chi connectivity index (χ0n) is 19.2. The van der Waals surface area contributed by atoms with Gasteiger partial charge in [0.05, 0.1) is 40.5 Å². The number of nitrogens with zero attached hydrogens (tertiary/aromatic N) is 1. The predicted molar refractivity (Wildman–Crippen MR) is 126 cm³/mol. The number of rotatable bonds is 7. The number of amides is 2. The van der Waals surface area contributed by atoms with Gasteiger partial charge in [-0.25, -0.2) is 9.18 Å². The maximum atomic E-state index is 13.8. The molecular weight excluding hydrogens is 439 g/mol. The second kappa shape index (κ2) is 10.9. The molecule has 1 aliphatic heterocycles. The van der Waals surface area contributed by atoms with Crippen LogP contribution >= 0.6 is 0 Å². The Hall–Kier alpha value is -3.78. The van der Waals surface area contributed by atoms with Crippen molar-refractivity contribution in [2.75, 3.05) is 32.7 Å². The van der Waals surface area contributed by atoms with Crippen molar-refractivity contribution in [3.63, 3.8) is 0 Å². The number of anilines is 1. The predicted octanol–water partition coefficient (Wildman–Crippen LogP) is 4.99. The Morgan fingerprint density at radius 2 is 1.85 bits per heavy atom. The van der Waals surface area contributed by atoms with Gasteiger partial charge in [0.1, 0.15) is 18.2 Å². The van der Waals surface area contributed by atoms with Gasteiger partial charge in [0.25, 0.3) is 0 Å². The van der Waals surface area contributed by atoms with Gasteiger partial charge in [-0.3, -0.25) is 0 Å². The average Bonchev–Trinajstić information content (AvgIpc) is 3.07. The third-order valence-electron chi connectivity index (χ3n) is 5.51. The normalized spacial score (nSPS) is 12.9. The fourth-order valence-electron chi connectivity index (χ4n) is 3.72. The summed E-state index contributed by atoms with van der Waals surface area (Å²) in [5.41, 5.74) is 2.91. The van der Waals surface area contributed by atoms with Crippen molar-refractivity contribution in [2.45, 2.75) is 19.8 Å². The van der Waals surface area contributed by atoms with Crippen LogP contribution in [-0.4, -0.2) is 38.3 Å². The molecule has 3 aromatic carbocycles. The Kier molecular flexibility index (Phi) is 7.49. The number of carbonyl (C=O) groups excluding carboxylic acids is 1. The van der Waals surface area contributed by atoms with E-state index in [0.29, 0.717) is 49.1 Å². The summed E-state index contributed by atoms with van der Waals surface area (Å²) in [6.45, 7) is 1.71. The van der Waals surface area contributed by atoms with Crippen molar-refractivity contribution >= 4 is 11.7 Å². The quantitative estimate of drug-likeness (QED) is 0.532. The number of carbonyl (C=O) groups is 1. The van der Waals surface area contributed by atoms with Gasteiger partial charge in [0, 0.05) is 22.9 Å². The molecule has 0 aliphatic carbocycles. The Morgan fingerprint density at radius 1 is 1.03 bits per heavy atom. The zero-order valence-corrected chi connectivity index (χ0v) is 19.2. The van der Waals surface area contributed by atoms with Gasteiger partial charge in [-0.1, -0.05) is 24.3 Å². The molecule has 34 heavy (non-hydrogen) atoms. The molecule has 7 nitrogen and oxygen atoms in total. The highest BCUT2D eigenvalue weighted by molar-refractivity contribution is 5.89. The molecule has 0 atom stereocenters. The summed E-state index contributed by atoms with van der Waals surface area (Å²) in [5.74, 6) is 1.57. The minimum atomic E-state index is -0.283. The summed E-state index contributed by atoms with van der Waals surface area (Å²) in [5, 5.41) is 2.90. The van der Waals surface area contributed by atoms with E-state index >= 15 is 0 Å². The van der Waals surface area contributed by atoms with Crippen molar-refractivity contribution in [2.24, 2.45) is 0 Å². The molecule has 0 saturated carbocycles. The van der Waals surface area contributed by atoms with Gasteiger partial charge in [0.2, 0.25) is 0 Å². The SMILES string of the molecule is COc1ccc(NC(=O)N2CCOc3ccc(COCc4ccccc4F)cc3C2)cc1OC. The summed E-state index contributed by atoms with van der Waals surface area (Å²) < 4.78 is 35.9. The summed E-state index contributed by atoms with van der Waals surface area (Å²) in [7, 11) is 3.11. The van der Waals surface area contributed by atoms with Crippen molar-refractivity contribution in [1.82, 2.24) is 4.90 Å². The van der Waals surface area contributed by atoms with Gasteiger partial charge in [-0.2, -0.15) is 0 Å². The third kappa shape index (κ3) is 5.58. The minimum absolute atomic E-state index is 0.181. The Balaban J connectivity index is 1.40. The Labute approximate surface area is 198 Å². The lowest BCUT2D eigenvalue weighted by atomic mass is 10.1. The first-order chi connectivity index (χ1) is 16.6. The largest absolute Gasteiger partial charge is 0.493 e. The van der Waals surface area contributed by atoms with Crippen LogP contribution in [0.1, 0.15) is 16.7 Å². The number of benzene rings is 3. The number of halogens is 1. The van der Waals surface area contributed by atoms with Crippen molar-refractivity contribution in [3.8, 4) is 17.2 Å². The molecule has 0 fully saturated rings. The first-order valence-electron chi connectivity index (χ1n) is 10.9. The van der Waals surface area contributed by atoms with Crippen LogP contribution in [0.4, 0.5) is 14.9 Å². The van der Waals surface area contributed by atoms with Gasteiger partial charge >= 0.3 is 6.03 Å². The van der Waals surface area contributed by atoms with E-state index in [1.165, 1.54) is 6.07 Å². The maximum Gasteiger partial charge on any atom is 0.322 e. The second-order valence-corrected chi connectivity index (χ2v) is 7.80. The monoisotopic (exact) mass is 466 g/mol. The van der Waals surface area contributed by atoms with Gasteiger partial charge in [-0.05, 0) is 35.9 Å². The fraction of sp³-hybridized carbons (Fsp3) is 0.269. The molecule has 0 unspecified atom stereocenters. The molecule has 0 spiro atoms. The van der Waals surface area contributed by atoms with Crippen LogP contribution in [0.5, 0.6) is 17.2 Å². The highest BCUT2D eigenvalue weighted by atomic mass is 19.1. The molecule has 1 aliphatic rings. The van der Waals surface area contributed by atoms with Crippen LogP contribution in [-0.2, 0) is 24.5 Å². The summed E-state index contributed by atoms with van der Waals surface area (Å²) in [6, 6.07) is 17.3. The van der Waals surface area contributed by atoms with Gasteiger partial charge in [0.15, 0.2) is 11.5 Å². The highest BCUT2D eigenvalue weighted by Gasteiger charge is 2.21. The molecule has 8 heteroatoms. The average molecular weight is 467 g/mol. The van der Waals surface area contributed by atoms with E-state index in [9.17, 15) is 9.18 Å². The van der Waals surface area contributed by atoms with E-state index in [1.54, 1.807) is 55.5 Å². The van der Waals surface area contributed by atoms with Crippen molar-refractivity contribution in [1.29, 1.82) is 0 Å². The molecule has 3 aromatic rings. The van der Waals surface area contributed by atoms with Crippen LogP contribution in [0, 0.1) is 5.82 Å². The third-order valence-corrected chi connectivity index (χ3v) is 5.51. The standard InChI is InChI=1S/C26H27FN2O5/c1-31-24-10-8-21(14-25(24)32-2)28-26(30)29-11-12-34-23-9-7-18(13-20(23)15-29)16-33-17-19-5-3-4-6-22(19)27/h3-10,13-14H,11-12,15-17H2,1-2H3,(H,28,30). The number of hydrogen-bond donors (Lipinski definition) is 1. The molecule has 1 heterocycles. The number of urea groups is 1. The van der Waals surface area contributed by atoms with E-state index in [4.69, 9.17) is 18.9 Å². The maximum absolute atomic E-state index is 13.8. The number of methoxy groups -OCH3 is 2. The molecule has 2 amide bonds. The van der Waals surface area contributed by atoms with Crippen molar-refractivity contribution < 1.29 is 28.1 Å². The summed E-state index contributed by atoms with van der Waals surface area (Å²) in [6.07, 6.45) is 0. The van der Waals surface area contributed by atoms with E-state index in [1.807, 2.05) is 18.2 Å². The van der Waals surface area contributed by atoms with Crippen LogP contribution in [0.25, 0.3) is 0 Å². The number of fused-ring (bicyclic) bond motifs is 1. The first-order valence-corrected chi connectivity index (χ1v) is 10.9. The lowest BCUT2D eigenvalue weighted by Crippen LogP contribution is -2.36. The Bertz CT molecular complexity index is 1150. The molecule has 0 radical (unpaired) electrons. The Morgan fingerprint density at radius 3 is 2.65 bits per heavy atom. The van der Waals surface area contributed by atoms with E-state index < -0.39 is 0 Å². The first kappa shape index (κ1) is 23.4. The topological polar surface area (TPSA) is 69.3 Å². The number of nitrogens with one attached hydrogen (secondary N) is 1. The zero-order chi connectivity index (χ0) is 23.9. The highest BCUT2D eigenvalue weighted by Crippen LogP contribution is 2.30. The molecule has 1 N–H and O–H groups in total. The van der Waals surface area contributed by atoms with Crippen LogP contribution in [0.2, 0.25) is 0 Å². The van der Waals surface area contributed by atoms with E-state index in [0.717, 1.165) is 16.9 Å². The number of hydrogen-bond acceptors (Lipinski definition) is 5.